The van der Waals surface area contributed by atoms with Crippen LogP contribution in [0, 0.1) is 17.3 Å². The van der Waals surface area contributed by atoms with Gasteiger partial charge in [0, 0.05) is 19.5 Å². The molecule has 0 aromatic carbocycles. The second kappa shape index (κ2) is 4.61. The van der Waals surface area contributed by atoms with E-state index in [1.165, 1.54) is 38.9 Å². The van der Waals surface area contributed by atoms with Gasteiger partial charge in [0.15, 0.2) is 0 Å². The van der Waals surface area contributed by atoms with Gasteiger partial charge in [-0.3, -0.25) is 0 Å². The number of hydrogen-bond acceptors (Lipinski definition) is 2. The Morgan fingerprint density at radius 2 is 2.19 bits per heavy atom. The Balaban J connectivity index is 1.81. The molecule has 0 aromatic heterocycles. The first-order valence-corrected chi connectivity index (χ1v) is 6.92. The number of nitrogens with zero attached hydrogens (tertiary/aromatic N) is 1. The van der Waals surface area contributed by atoms with Crippen molar-refractivity contribution in [3.05, 3.63) is 0 Å². The lowest BCUT2D eigenvalue weighted by Gasteiger charge is -2.23. The first-order chi connectivity index (χ1) is 7.51. The molecule has 2 nitrogen and oxygen atoms in total. The van der Waals surface area contributed by atoms with Gasteiger partial charge in [0.25, 0.3) is 0 Å². The van der Waals surface area contributed by atoms with Gasteiger partial charge in [0.05, 0.1) is 4.99 Å². The molecular weight excluding hydrogens is 216 g/mol. The van der Waals surface area contributed by atoms with Gasteiger partial charge in [-0.15, -0.1) is 0 Å². The van der Waals surface area contributed by atoms with Gasteiger partial charge in [0.1, 0.15) is 0 Å². The second-order valence-corrected chi connectivity index (χ2v) is 6.70. The van der Waals surface area contributed by atoms with Gasteiger partial charge in [-0.25, -0.2) is 0 Å². The molecule has 0 aromatic rings. The average Bonchev–Trinajstić information content (AvgIpc) is 2.75. The first kappa shape index (κ1) is 12.3. The summed E-state index contributed by atoms with van der Waals surface area (Å²) in [5, 5.41) is 0. The van der Waals surface area contributed by atoms with Crippen LogP contribution in [0.4, 0.5) is 0 Å². The molecule has 1 unspecified atom stereocenters. The van der Waals surface area contributed by atoms with Crippen molar-refractivity contribution < 1.29 is 0 Å². The topological polar surface area (TPSA) is 29.3 Å². The fraction of sp³-hybridized carbons (Fsp3) is 0.923. The summed E-state index contributed by atoms with van der Waals surface area (Å²) in [5.74, 6) is 1.73. The van der Waals surface area contributed by atoms with E-state index in [4.69, 9.17) is 18.0 Å². The molecule has 1 aliphatic carbocycles. The van der Waals surface area contributed by atoms with E-state index in [0.29, 0.717) is 10.4 Å². The summed E-state index contributed by atoms with van der Waals surface area (Å²) >= 11 is 5.05. The molecule has 16 heavy (non-hydrogen) atoms. The quantitative estimate of drug-likeness (QED) is 0.748. The molecule has 2 fully saturated rings. The van der Waals surface area contributed by atoms with Crippen LogP contribution in [0.1, 0.15) is 39.5 Å². The fourth-order valence-electron chi connectivity index (χ4n) is 2.96. The molecule has 0 bridgehead atoms. The van der Waals surface area contributed by atoms with Crippen LogP contribution in [-0.2, 0) is 0 Å². The Kier molecular flexibility index (Phi) is 3.55. The molecule has 2 N–H and O–H groups in total. The lowest BCUT2D eigenvalue weighted by Crippen LogP contribution is -2.31. The molecule has 2 aliphatic rings. The molecule has 0 spiro atoms. The predicted octanol–water partition coefficient (Wildman–Crippen LogP) is 2.42. The van der Waals surface area contributed by atoms with Crippen LogP contribution in [0.5, 0.6) is 0 Å². The Bertz CT molecular complexity index is 271. The van der Waals surface area contributed by atoms with E-state index in [9.17, 15) is 0 Å². The summed E-state index contributed by atoms with van der Waals surface area (Å²) in [7, 11) is 0. The van der Waals surface area contributed by atoms with Crippen molar-refractivity contribution >= 4 is 17.2 Å². The third kappa shape index (κ3) is 2.95. The van der Waals surface area contributed by atoms with Crippen molar-refractivity contribution in [3.63, 3.8) is 0 Å². The van der Waals surface area contributed by atoms with E-state index in [-0.39, 0.29) is 0 Å². The third-order valence-corrected chi connectivity index (χ3v) is 4.46. The fourth-order valence-corrected chi connectivity index (χ4v) is 3.27. The molecule has 1 aliphatic heterocycles. The highest BCUT2D eigenvalue weighted by molar-refractivity contribution is 7.80. The van der Waals surface area contributed by atoms with Gasteiger partial charge in [-0.05, 0) is 43.1 Å². The smallest absolute Gasteiger partial charge is 0.0733 e. The maximum atomic E-state index is 5.68. The minimum absolute atomic E-state index is 0.470. The van der Waals surface area contributed by atoms with Crippen molar-refractivity contribution in [1.29, 1.82) is 0 Å². The Labute approximate surface area is 105 Å². The van der Waals surface area contributed by atoms with Crippen LogP contribution in [-0.4, -0.2) is 29.5 Å². The predicted molar refractivity (Wildman–Crippen MR) is 72.5 cm³/mol. The second-order valence-electron chi connectivity index (χ2n) is 6.17. The van der Waals surface area contributed by atoms with E-state index in [1.807, 2.05) is 0 Å². The van der Waals surface area contributed by atoms with E-state index < -0.39 is 0 Å². The van der Waals surface area contributed by atoms with Gasteiger partial charge >= 0.3 is 0 Å². The summed E-state index contributed by atoms with van der Waals surface area (Å²) in [6.07, 6.45) is 4.99. The maximum Gasteiger partial charge on any atom is 0.0733 e. The van der Waals surface area contributed by atoms with Crippen LogP contribution < -0.4 is 5.73 Å². The molecular formula is C13H24N2S. The summed E-state index contributed by atoms with van der Waals surface area (Å²) in [4.78, 5) is 3.34. The highest BCUT2D eigenvalue weighted by Crippen LogP contribution is 2.50. The van der Waals surface area contributed by atoms with E-state index in [1.54, 1.807) is 0 Å². The highest BCUT2D eigenvalue weighted by atomic mass is 32.1. The summed E-state index contributed by atoms with van der Waals surface area (Å²) in [5.41, 5.74) is 6.15. The molecule has 1 saturated carbocycles. The SMILES string of the molecule is CC(C)C1CCN(CC2(CC(N)=S)CC2)C1. The minimum atomic E-state index is 0.470. The Morgan fingerprint density at radius 3 is 2.62 bits per heavy atom. The zero-order valence-electron chi connectivity index (χ0n) is 10.5. The lowest BCUT2D eigenvalue weighted by molar-refractivity contribution is 0.249. The standard InChI is InChI=1S/C13H24N2S/c1-10(2)11-3-6-15(8-11)9-13(4-5-13)7-12(14)16/h10-11H,3-9H2,1-2H3,(H2,14,16). The Morgan fingerprint density at radius 1 is 1.50 bits per heavy atom. The zero-order valence-corrected chi connectivity index (χ0v) is 11.4. The number of nitrogens with two attached hydrogens (primary N) is 1. The van der Waals surface area contributed by atoms with Crippen LogP contribution in [0.3, 0.4) is 0 Å². The number of rotatable bonds is 5. The normalized spacial score (nSPS) is 28.6. The van der Waals surface area contributed by atoms with Gasteiger partial charge in [0.2, 0.25) is 0 Å². The monoisotopic (exact) mass is 240 g/mol. The molecule has 92 valence electrons. The van der Waals surface area contributed by atoms with Crippen molar-refractivity contribution in [2.75, 3.05) is 19.6 Å². The highest BCUT2D eigenvalue weighted by Gasteiger charge is 2.45. The average molecular weight is 240 g/mol. The largest absolute Gasteiger partial charge is 0.393 e. The maximum absolute atomic E-state index is 5.68. The molecule has 0 radical (unpaired) electrons. The van der Waals surface area contributed by atoms with Crippen LogP contribution in [0.2, 0.25) is 0 Å². The summed E-state index contributed by atoms with van der Waals surface area (Å²) < 4.78 is 0. The van der Waals surface area contributed by atoms with E-state index in [0.717, 1.165) is 18.3 Å². The molecule has 0 amide bonds. The van der Waals surface area contributed by atoms with E-state index in [2.05, 4.69) is 18.7 Å². The number of hydrogen-bond donors (Lipinski definition) is 1. The summed E-state index contributed by atoms with van der Waals surface area (Å²) in [6.45, 7) is 8.48. The van der Waals surface area contributed by atoms with Crippen molar-refractivity contribution in [2.24, 2.45) is 23.0 Å². The number of thiocarbonyl (C=S) groups is 1. The third-order valence-electron chi connectivity index (χ3n) is 4.32. The van der Waals surface area contributed by atoms with Crippen LogP contribution in [0.15, 0.2) is 0 Å². The van der Waals surface area contributed by atoms with E-state index >= 15 is 0 Å². The Hall–Kier alpha value is -0.150. The molecule has 3 heteroatoms. The summed E-state index contributed by atoms with van der Waals surface area (Å²) in [6, 6.07) is 0. The first-order valence-electron chi connectivity index (χ1n) is 6.51. The van der Waals surface area contributed by atoms with Crippen molar-refractivity contribution in [2.45, 2.75) is 39.5 Å². The lowest BCUT2D eigenvalue weighted by atomic mass is 9.95. The van der Waals surface area contributed by atoms with Crippen molar-refractivity contribution in [1.82, 2.24) is 4.90 Å². The number of likely N-dealkylation sites (tertiary alicyclic amines) is 1. The molecule has 1 heterocycles. The molecule has 1 saturated heterocycles. The molecule has 2 rings (SSSR count). The van der Waals surface area contributed by atoms with Crippen molar-refractivity contribution in [3.8, 4) is 0 Å². The van der Waals surface area contributed by atoms with Gasteiger partial charge < -0.3 is 10.6 Å². The van der Waals surface area contributed by atoms with Gasteiger partial charge in [-0.2, -0.15) is 0 Å². The zero-order chi connectivity index (χ0) is 11.8. The van der Waals surface area contributed by atoms with Gasteiger partial charge in [-0.1, -0.05) is 26.1 Å². The van der Waals surface area contributed by atoms with Crippen LogP contribution >= 0.6 is 12.2 Å². The minimum Gasteiger partial charge on any atom is -0.393 e. The molecule has 1 atom stereocenters. The van der Waals surface area contributed by atoms with Crippen LogP contribution in [0.25, 0.3) is 0 Å².